The summed E-state index contributed by atoms with van der Waals surface area (Å²) in [6, 6.07) is 59.7. The van der Waals surface area contributed by atoms with Gasteiger partial charge in [-0.25, -0.2) is 0 Å². The van der Waals surface area contributed by atoms with Gasteiger partial charge in [0.25, 0.3) is 0 Å². The lowest BCUT2D eigenvalue weighted by Crippen LogP contribution is -2.40. The van der Waals surface area contributed by atoms with E-state index in [1.807, 2.05) is 112 Å². The fourth-order valence-corrected chi connectivity index (χ4v) is 13.7. The zero-order valence-corrected chi connectivity index (χ0v) is 59.1. The van der Waals surface area contributed by atoms with E-state index in [9.17, 15) is 29.2 Å². The molecule has 0 radical (unpaired) electrons. The van der Waals surface area contributed by atoms with Crippen molar-refractivity contribution in [2.75, 3.05) is 40.0 Å². The number of ether oxygens (including phenoxy) is 2. The highest BCUT2D eigenvalue weighted by Gasteiger charge is 2.32. The first kappa shape index (κ1) is 80.1. The van der Waals surface area contributed by atoms with Crippen molar-refractivity contribution in [1.82, 2.24) is 4.90 Å². The maximum absolute atomic E-state index is 12.0. The highest BCUT2D eigenvalue weighted by molar-refractivity contribution is 5.36. The van der Waals surface area contributed by atoms with Gasteiger partial charge in [0.15, 0.2) is 0 Å². The van der Waals surface area contributed by atoms with Crippen LogP contribution in [0.15, 0.2) is 176 Å². The van der Waals surface area contributed by atoms with Crippen molar-refractivity contribution < 1.29 is 38.7 Å². The first-order valence-electron chi connectivity index (χ1n) is 34.5. The van der Waals surface area contributed by atoms with Crippen LogP contribution in [0.3, 0.4) is 0 Å². The van der Waals surface area contributed by atoms with E-state index in [4.69, 9.17) is 4.74 Å². The zero-order valence-electron chi connectivity index (χ0n) is 59.1. The second-order valence-corrected chi connectivity index (χ2v) is 27.9. The quantitative estimate of drug-likeness (QED) is 0.0479. The molecule has 1 fully saturated rings. The number of aliphatic hydroxyl groups is 4. The first-order valence-corrected chi connectivity index (χ1v) is 34.5. The topological polar surface area (TPSA) is 103 Å². The van der Waals surface area contributed by atoms with Crippen molar-refractivity contribution in [2.24, 2.45) is 47.3 Å². The fraction of sp³-hybridized carbons (Fsp3) is 0.561. The third-order valence-electron chi connectivity index (χ3n) is 18.3. The number of halogens is 2. The molecule has 0 amide bonds. The molecule has 0 aromatic heterocycles. The molecule has 0 bridgehead atoms. The van der Waals surface area contributed by atoms with Gasteiger partial charge in [0.05, 0.1) is 37.6 Å². The van der Waals surface area contributed by atoms with E-state index in [0.29, 0.717) is 36.2 Å². The summed E-state index contributed by atoms with van der Waals surface area (Å²) in [5.41, 5.74) is 9.16. The molecule has 506 valence electrons. The van der Waals surface area contributed by atoms with Crippen molar-refractivity contribution in [3.8, 4) is 0 Å². The Morgan fingerprint density at radius 2 is 0.813 bits per heavy atom. The summed E-state index contributed by atoms with van der Waals surface area (Å²) in [5, 5.41) is 40.8. The number of hydrogen-bond donors (Lipinski definition) is 4. The summed E-state index contributed by atoms with van der Waals surface area (Å²) in [5.74, 6) is 5.70. The molecule has 7 nitrogen and oxygen atoms in total. The number of likely N-dealkylation sites (tertiary alicyclic amines) is 1. The largest absolute Gasteiger partial charge is 0.392 e. The van der Waals surface area contributed by atoms with Crippen LogP contribution in [0.25, 0.3) is 0 Å². The molecular weight excluding hydrogens is 1130 g/mol. The zero-order chi connectivity index (χ0) is 67.6. The molecule has 0 spiro atoms. The summed E-state index contributed by atoms with van der Waals surface area (Å²) in [4.78, 5) is 2.42. The summed E-state index contributed by atoms with van der Waals surface area (Å²) >= 11 is 0. The van der Waals surface area contributed by atoms with Crippen LogP contribution in [-0.4, -0.2) is 96.3 Å². The molecule has 1 saturated heterocycles. The van der Waals surface area contributed by atoms with Gasteiger partial charge in [-0.15, -0.1) is 0 Å². The lowest BCUT2D eigenvalue weighted by molar-refractivity contribution is -0.134. The third-order valence-corrected chi connectivity index (χ3v) is 18.3. The standard InChI is InChI=1S/C17H27NO.C14H22O.C13H20O2.C13H20O.C13H18.C12H16F2O/c1-14(2)17(15-9-5-3-6-10-15)16(19)13-18-11-7-4-8-12-18;1-10(2)13(14(15)11(3)4)12-8-6-5-7-9-12;1-10(2)13(12(14)9-15-3)11-7-5-4-6-8-11;1-4-12(14)13(10(2)3)11-8-6-5-7-9-11;1-9(2)13-10(3)8-11-6-4-5-7-12(11)13;1-9(2)11(8-15-12(13)14)10-6-4-3-5-7-10/h3,5-6,9-10,14,16-17,19H,4,7-8,11-13H2,1-2H3;5-11,13-15H,1-4H3;4-8,10,12-14H,9H2,1-3H3;5-10,12-14H,4H2,1-3H3;4-7,9-10,13H,8H2,1-3H3;3-7,9,11-12H,8H2,1-2H3/t;;;;10-,13?;/m....1./s1. The summed E-state index contributed by atoms with van der Waals surface area (Å²) < 4.78 is 33.3. The van der Waals surface area contributed by atoms with E-state index >= 15 is 0 Å². The minimum atomic E-state index is -2.69. The second-order valence-electron chi connectivity index (χ2n) is 27.9. The van der Waals surface area contributed by atoms with Gasteiger partial charge in [-0.05, 0) is 131 Å². The van der Waals surface area contributed by atoms with Crippen molar-refractivity contribution in [3.63, 3.8) is 0 Å². The van der Waals surface area contributed by atoms with Gasteiger partial charge in [0.1, 0.15) is 0 Å². The summed E-state index contributed by atoms with van der Waals surface area (Å²) in [6.07, 6.45) is 4.83. The van der Waals surface area contributed by atoms with E-state index in [-0.39, 0.29) is 60.4 Å². The molecule has 91 heavy (non-hydrogen) atoms. The average molecular weight is 1260 g/mol. The van der Waals surface area contributed by atoms with Gasteiger partial charge in [-0.1, -0.05) is 293 Å². The van der Waals surface area contributed by atoms with Crippen LogP contribution in [-0.2, 0) is 15.9 Å². The molecular formula is C82H123F2NO6. The smallest absolute Gasteiger partial charge is 0.345 e. The predicted octanol–water partition coefficient (Wildman–Crippen LogP) is 19.6. The van der Waals surface area contributed by atoms with Crippen molar-refractivity contribution in [3.05, 3.63) is 215 Å². The van der Waals surface area contributed by atoms with E-state index < -0.39 is 12.7 Å². The summed E-state index contributed by atoms with van der Waals surface area (Å²) in [6.45, 7) is 35.4. The molecule has 11 atom stereocenters. The number of nitrogens with zero attached hydrogens (tertiary/aromatic N) is 1. The van der Waals surface area contributed by atoms with Crippen molar-refractivity contribution >= 4 is 0 Å². The molecule has 8 rings (SSSR count). The van der Waals surface area contributed by atoms with Gasteiger partial charge < -0.3 is 34.8 Å². The number of benzene rings is 6. The Labute approximate surface area is 552 Å². The molecule has 4 N–H and O–H groups in total. The Hall–Kier alpha value is -5.10. The maximum atomic E-state index is 12.0. The molecule has 1 aliphatic heterocycles. The molecule has 2 aliphatic rings. The van der Waals surface area contributed by atoms with Crippen LogP contribution in [0.2, 0.25) is 0 Å². The van der Waals surface area contributed by atoms with Crippen LogP contribution in [0, 0.1) is 47.3 Å². The van der Waals surface area contributed by atoms with Gasteiger partial charge in [0.2, 0.25) is 0 Å². The highest BCUT2D eigenvalue weighted by Crippen LogP contribution is 2.42. The maximum Gasteiger partial charge on any atom is 0.345 e. The number of β-amino-alcohol motifs (C(OH)–C–C–N with tert-alkyl or cyclic N) is 1. The molecule has 6 aromatic rings. The molecule has 6 aromatic carbocycles. The number of alkyl halides is 2. The second kappa shape index (κ2) is 43.7. The van der Waals surface area contributed by atoms with Gasteiger partial charge in [0, 0.05) is 43.2 Å². The Bertz CT molecular complexity index is 2700. The molecule has 1 heterocycles. The van der Waals surface area contributed by atoms with E-state index in [0.717, 1.165) is 49.4 Å². The third kappa shape index (κ3) is 28.2. The normalized spacial score (nSPS) is 17.7. The van der Waals surface area contributed by atoms with E-state index in [1.54, 1.807) is 18.2 Å². The van der Waals surface area contributed by atoms with Crippen LogP contribution in [0.5, 0.6) is 0 Å². The number of piperidine rings is 1. The Morgan fingerprint density at radius 3 is 1.18 bits per heavy atom. The van der Waals surface area contributed by atoms with Gasteiger partial charge in [-0.3, -0.25) is 0 Å². The minimum Gasteiger partial charge on any atom is -0.392 e. The van der Waals surface area contributed by atoms with Crippen LogP contribution in [0.4, 0.5) is 8.78 Å². The predicted molar refractivity (Wildman–Crippen MR) is 380 cm³/mol. The number of methoxy groups -OCH3 is 1. The van der Waals surface area contributed by atoms with E-state index in [1.165, 1.54) is 47.9 Å². The fourth-order valence-electron chi connectivity index (χ4n) is 13.7. The van der Waals surface area contributed by atoms with E-state index in [2.05, 4.69) is 185 Å². The van der Waals surface area contributed by atoms with Gasteiger partial charge >= 0.3 is 6.61 Å². The summed E-state index contributed by atoms with van der Waals surface area (Å²) in [7, 11) is 1.62. The van der Waals surface area contributed by atoms with Crippen LogP contribution < -0.4 is 0 Å². The monoisotopic (exact) mass is 1260 g/mol. The first-order chi connectivity index (χ1) is 43.4. The average Bonchev–Trinajstić information content (AvgIpc) is 1.72. The molecule has 9 heteroatoms. The van der Waals surface area contributed by atoms with Crippen LogP contribution >= 0.6 is 0 Å². The van der Waals surface area contributed by atoms with Gasteiger partial charge in [-0.2, -0.15) is 8.78 Å². The lowest BCUT2D eigenvalue weighted by Gasteiger charge is -2.33. The lowest BCUT2D eigenvalue weighted by atomic mass is 9.80. The SMILES string of the molecule is CC(C)C(COC(F)F)c1ccccc1.CC(C)C(O)C(c1ccccc1)C(C)C.CC(C)C(c1ccccc1)C(O)CN1CCCCC1.CC(C)C1c2ccccc2C[C@H]1C.CCC(O)C(c1ccccc1)C(C)C.COCC(O)C(c1ccccc1)C(C)C. The Balaban J connectivity index is 0.000000286. The minimum absolute atomic E-state index is 0.0280. The number of hydrogen-bond acceptors (Lipinski definition) is 7. The molecule has 1 aliphatic carbocycles. The van der Waals surface area contributed by atoms with Crippen molar-refractivity contribution in [1.29, 1.82) is 0 Å². The Morgan fingerprint density at radius 1 is 0.440 bits per heavy atom. The highest BCUT2D eigenvalue weighted by atomic mass is 19.3. The molecule has 10 unspecified atom stereocenters. The molecule has 0 saturated carbocycles. The van der Waals surface area contributed by atoms with Crippen molar-refractivity contribution in [2.45, 2.75) is 209 Å². The number of fused-ring (bicyclic) bond motifs is 1. The Kier molecular flexibility index (Phi) is 38.5. The number of rotatable bonds is 24. The van der Waals surface area contributed by atoms with Crippen LogP contribution in [0.1, 0.15) is 211 Å². The number of aliphatic hydroxyl groups excluding tert-OH is 4.